The Bertz CT molecular complexity index is 1290. The lowest BCUT2D eigenvalue weighted by atomic mass is 9.95. The maximum Gasteiger partial charge on any atom is 0.261 e. The number of hydrogen-bond acceptors (Lipinski definition) is 7. The summed E-state index contributed by atoms with van der Waals surface area (Å²) in [6.45, 7) is 3.04. The number of ketones is 3. The minimum Gasteiger partial charge on any atom is -0.365 e. The zero-order valence-electron chi connectivity index (χ0n) is 15.8. The van der Waals surface area contributed by atoms with Crippen molar-refractivity contribution in [2.24, 2.45) is 5.73 Å². The van der Waals surface area contributed by atoms with Gasteiger partial charge in [-0.25, -0.2) is 0 Å². The number of nitrogens with two attached hydrogens (primary N) is 1. The quantitative estimate of drug-likeness (QED) is 0.446. The number of thioether (sulfide) groups is 2. The maximum absolute atomic E-state index is 13.5. The third-order valence-electron chi connectivity index (χ3n) is 4.79. The standard InChI is InChI=1S/C21H13N3O4S2/c1-9-13(10(2)25)14-15(24(9)11-6-4-3-5-7-11)17(27)19-18(16(14)26)29-21(30-19)12(8-22)20(23)28/h3-7H,1-2H3,(H2,23,28)/b21-12-. The average Bonchev–Trinajstić information content (AvgIpc) is 3.27. The molecule has 7 nitrogen and oxygen atoms in total. The highest BCUT2D eigenvalue weighted by molar-refractivity contribution is 8.29. The van der Waals surface area contributed by atoms with Gasteiger partial charge in [0, 0.05) is 11.4 Å². The smallest absolute Gasteiger partial charge is 0.261 e. The molecular weight excluding hydrogens is 422 g/mol. The van der Waals surface area contributed by atoms with Crippen LogP contribution in [0, 0.1) is 18.3 Å². The van der Waals surface area contributed by atoms with Crippen LogP contribution in [0.1, 0.15) is 43.8 Å². The van der Waals surface area contributed by atoms with Crippen LogP contribution in [0.5, 0.6) is 0 Å². The van der Waals surface area contributed by atoms with Crippen LogP contribution in [-0.2, 0) is 4.79 Å². The number of fused-ring (bicyclic) bond motifs is 1. The highest BCUT2D eigenvalue weighted by Gasteiger charge is 2.44. The first-order chi connectivity index (χ1) is 14.3. The number of benzene rings is 1. The zero-order chi connectivity index (χ0) is 21.7. The van der Waals surface area contributed by atoms with Gasteiger partial charge in [0.25, 0.3) is 5.91 Å². The monoisotopic (exact) mass is 435 g/mol. The second-order valence-corrected chi connectivity index (χ2v) is 8.87. The van der Waals surface area contributed by atoms with Gasteiger partial charge < -0.3 is 10.3 Å². The molecule has 1 aliphatic carbocycles. The Hall–Kier alpha value is -3.35. The predicted molar refractivity (Wildman–Crippen MR) is 113 cm³/mol. The van der Waals surface area contributed by atoms with E-state index in [1.54, 1.807) is 41.8 Å². The summed E-state index contributed by atoms with van der Waals surface area (Å²) in [5.74, 6) is -2.17. The predicted octanol–water partition coefficient (Wildman–Crippen LogP) is 3.28. The number of carbonyl (C=O) groups is 4. The van der Waals surface area contributed by atoms with Crippen molar-refractivity contribution in [2.45, 2.75) is 13.8 Å². The summed E-state index contributed by atoms with van der Waals surface area (Å²) in [4.78, 5) is 51.0. The average molecular weight is 435 g/mol. The van der Waals surface area contributed by atoms with Crippen molar-refractivity contribution in [1.82, 2.24) is 4.57 Å². The molecule has 30 heavy (non-hydrogen) atoms. The Morgan fingerprint density at radius 3 is 2.20 bits per heavy atom. The van der Waals surface area contributed by atoms with Crippen LogP contribution in [0.15, 0.2) is 50.0 Å². The van der Waals surface area contributed by atoms with Crippen molar-refractivity contribution in [1.29, 1.82) is 5.26 Å². The molecule has 0 radical (unpaired) electrons. The zero-order valence-corrected chi connectivity index (χ0v) is 17.4. The summed E-state index contributed by atoms with van der Waals surface area (Å²) < 4.78 is 1.80. The molecule has 4 rings (SSSR count). The summed E-state index contributed by atoms with van der Waals surface area (Å²) in [5.41, 5.74) is 6.45. The van der Waals surface area contributed by atoms with Crippen molar-refractivity contribution in [3.63, 3.8) is 0 Å². The lowest BCUT2D eigenvalue weighted by Crippen LogP contribution is -2.21. The first-order valence-electron chi connectivity index (χ1n) is 8.73. The SMILES string of the molecule is CC(=O)c1c2c(n(-c3ccccc3)c1C)C(=O)C1=C(S/C(=C(\C#N)C(N)=O)S1)C2=O. The molecule has 2 heterocycles. The maximum atomic E-state index is 13.5. The third kappa shape index (κ3) is 2.76. The summed E-state index contributed by atoms with van der Waals surface area (Å²) in [6.07, 6.45) is 0. The van der Waals surface area contributed by atoms with Gasteiger partial charge >= 0.3 is 0 Å². The minimum absolute atomic E-state index is 0.0551. The number of aromatic nitrogens is 1. The number of para-hydroxylation sites is 1. The van der Waals surface area contributed by atoms with E-state index in [1.807, 2.05) is 6.07 Å². The normalized spacial score (nSPS) is 16.8. The molecule has 1 amide bonds. The molecular formula is C21H13N3O4S2. The Balaban J connectivity index is 1.97. The summed E-state index contributed by atoms with van der Waals surface area (Å²) in [5, 5.41) is 9.23. The molecule has 0 fully saturated rings. The van der Waals surface area contributed by atoms with Crippen molar-refractivity contribution < 1.29 is 19.2 Å². The van der Waals surface area contributed by atoms with E-state index in [-0.39, 0.29) is 42.2 Å². The molecule has 2 aliphatic rings. The van der Waals surface area contributed by atoms with Gasteiger partial charge in [0.2, 0.25) is 11.6 Å². The second kappa shape index (κ2) is 7.16. The van der Waals surface area contributed by atoms with Crippen LogP contribution in [0.25, 0.3) is 5.69 Å². The van der Waals surface area contributed by atoms with E-state index >= 15 is 0 Å². The van der Waals surface area contributed by atoms with Crippen molar-refractivity contribution in [2.75, 3.05) is 0 Å². The lowest BCUT2D eigenvalue weighted by Gasteiger charge is -2.15. The number of primary amides is 1. The summed E-state index contributed by atoms with van der Waals surface area (Å²) in [7, 11) is 0. The van der Waals surface area contributed by atoms with E-state index < -0.39 is 17.5 Å². The molecule has 0 spiro atoms. The van der Waals surface area contributed by atoms with Gasteiger partial charge in [-0.2, -0.15) is 5.26 Å². The third-order valence-corrected chi connectivity index (χ3v) is 7.38. The lowest BCUT2D eigenvalue weighted by molar-refractivity contribution is -0.114. The molecule has 148 valence electrons. The number of rotatable bonds is 3. The van der Waals surface area contributed by atoms with Crippen LogP contribution in [-0.4, -0.2) is 27.8 Å². The van der Waals surface area contributed by atoms with Crippen LogP contribution in [0.3, 0.4) is 0 Å². The van der Waals surface area contributed by atoms with Crippen LogP contribution in [0.4, 0.5) is 0 Å². The highest BCUT2D eigenvalue weighted by Crippen LogP contribution is 2.55. The van der Waals surface area contributed by atoms with Gasteiger partial charge in [-0.3, -0.25) is 19.2 Å². The van der Waals surface area contributed by atoms with Crippen LogP contribution < -0.4 is 5.73 Å². The number of hydrogen-bond donors (Lipinski definition) is 1. The first kappa shape index (κ1) is 19.9. The van der Waals surface area contributed by atoms with Crippen molar-refractivity contribution in [3.05, 3.63) is 72.5 Å². The number of amides is 1. The number of nitrogens with zero attached hydrogens (tertiary/aromatic N) is 2. The topological polar surface area (TPSA) is 123 Å². The molecule has 2 aromatic rings. The summed E-state index contributed by atoms with van der Waals surface area (Å²) >= 11 is 1.76. The fourth-order valence-electron chi connectivity index (χ4n) is 3.58. The Morgan fingerprint density at radius 1 is 1.07 bits per heavy atom. The van der Waals surface area contributed by atoms with E-state index in [0.717, 1.165) is 23.5 Å². The van der Waals surface area contributed by atoms with Gasteiger partial charge in [0.05, 0.1) is 25.2 Å². The molecule has 0 unspecified atom stereocenters. The Labute approximate surface area is 179 Å². The first-order valence-corrected chi connectivity index (χ1v) is 10.4. The van der Waals surface area contributed by atoms with Gasteiger partial charge in [-0.1, -0.05) is 41.7 Å². The van der Waals surface area contributed by atoms with E-state index in [4.69, 9.17) is 5.73 Å². The number of nitriles is 1. The van der Waals surface area contributed by atoms with Crippen LogP contribution >= 0.6 is 23.5 Å². The number of carbonyl (C=O) groups excluding carboxylic acids is 4. The largest absolute Gasteiger partial charge is 0.365 e. The second-order valence-electron chi connectivity index (χ2n) is 6.57. The van der Waals surface area contributed by atoms with Crippen molar-refractivity contribution in [3.8, 4) is 11.8 Å². The molecule has 9 heteroatoms. The molecule has 0 saturated heterocycles. The molecule has 1 aliphatic heterocycles. The van der Waals surface area contributed by atoms with E-state index in [1.165, 1.54) is 6.92 Å². The van der Waals surface area contributed by atoms with Gasteiger partial charge in [-0.05, 0) is 26.0 Å². The Kier molecular flexibility index (Phi) is 4.76. The molecule has 0 saturated carbocycles. The molecule has 0 bridgehead atoms. The fourth-order valence-corrected chi connectivity index (χ4v) is 6.12. The molecule has 2 N–H and O–H groups in total. The van der Waals surface area contributed by atoms with Crippen LogP contribution in [0.2, 0.25) is 0 Å². The highest BCUT2D eigenvalue weighted by atomic mass is 32.2. The molecule has 1 aromatic heterocycles. The number of Topliss-reactive ketones (excluding diaryl/α,β-unsaturated/α-hetero) is 3. The van der Waals surface area contributed by atoms with E-state index in [0.29, 0.717) is 11.4 Å². The van der Waals surface area contributed by atoms with Gasteiger partial charge in [-0.15, -0.1) is 0 Å². The fraction of sp³-hybridized carbons (Fsp3) is 0.0952. The molecule has 1 aromatic carbocycles. The minimum atomic E-state index is -0.932. The van der Waals surface area contributed by atoms with Gasteiger partial charge in [0.15, 0.2) is 5.78 Å². The van der Waals surface area contributed by atoms with E-state index in [2.05, 4.69) is 0 Å². The number of allylic oxidation sites excluding steroid dienone is 2. The summed E-state index contributed by atoms with van der Waals surface area (Å²) in [6, 6.07) is 10.7. The Morgan fingerprint density at radius 2 is 1.67 bits per heavy atom. The van der Waals surface area contributed by atoms with Gasteiger partial charge in [0.1, 0.15) is 17.3 Å². The molecule has 0 atom stereocenters. The van der Waals surface area contributed by atoms with E-state index in [9.17, 15) is 24.4 Å². The van der Waals surface area contributed by atoms with Crippen molar-refractivity contribution >= 4 is 46.8 Å².